The zero-order chi connectivity index (χ0) is 9.78. The van der Waals surface area contributed by atoms with Gasteiger partial charge in [0, 0.05) is 12.0 Å². The Kier molecular flexibility index (Phi) is 4.24. The molecule has 0 aliphatic rings. The number of carbonyl (C=O) groups is 1. The summed E-state index contributed by atoms with van der Waals surface area (Å²) in [7, 11) is 0. The van der Waals surface area contributed by atoms with Crippen molar-refractivity contribution >= 4 is 5.91 Å². The minimum atomic E-state index is -0.471. The lowest BCUT2D eigenvalue weighted by Crippen LogP contribution is -2.39. The molecule has 3 nitrogen and oxygen atoms in total. The molecule has 0 spiro atoms. The number of hydrogen-bond donors (Lipinski definition) is 2. The minimum absolute atomic E-state index is 0.00546. The molecule has 2 N–H and O–H groups in total. The molecule has 0 radical (unpaired) electrons. The summed E-state index contributed by atoms with van der Waals surface area (Å²) in [6.07, 6.45) is 0.333. The Bertz CT molecular complexity index is 153. The Labute approximate surface area is 74.2 Å². The first kappa shape index (κ1) is 11.4. The monoisotopic (exact) mass is 173 g/mol. The molecule has 1 unspecified atom stereocenters. The van der Waals surface area contributed by atoms with Gasteiger partial charge in [0.05, 0.1) is 6.10 Å². The quantitative estimate of drug-likeness (QED) is 0.664. The van der Waals surface area contributed by atoms with Gasteiger partial charge < -0.3 is 10.4 Å². The molecule has 1 atom stereocenters. The molecule has 3 heteroatoms. The molecule has 0 saturated carbocycles. The van der Waals surface area contributed by atoms with Gasteiger partial charge in [0.15, 0.2) is 0 Å². The van der Waals surface area contributed by atoms with Crippen LogP contribution in [0.2, 0.25) is 0 Å². The van der Waals surface area contributed by atoms with Gasteiger partial charge in [0.1, 0.15) is 0 Å². The van der Waals surface area contributed by atoms with E-state index < -0.39 is 6.10 Å². The molecule has 0 bridgehead atoms. The SMILES string of the molecule is CCC(C)(C)C(=O)NCC(C)O. The third-order valence-corrected chi connectivity index (χ3v) is 2.06. The second-order valence-corrected chi connectivity index (χ2v) is 3.80. The van der Waals surface area contributed by atoms with Crippen LogP contribution >= 0.6 is 0 Å². The predicted octanol–water partition coefficient (Wildman–Crippen LogP) is 0.920. The van der Waals surface area contributed by atoms with Crippen molar-refractivity contribution in [3.63, 3.8) is 0 Å². The van der Waals surface area contributed by atoms with Crippen LogP contribution in [0.3, 0.4) is 0 Å². The van der Waals surface area contributed by atoms with Crippen LogP contribution in [0.25, 0.3) is 0 Å². The maximum atomic E-state index is 11.4. The molecule has 0 saturated heterocycles. The number of aliphatic hydroxyl groups excluding tert-OH is 1. The lowest BCUT2D eigenvalue weighted by Gasteiger charge is -2.21. The lowest BCUT2D eigenvalue weighted by molar-refractivity contribution is -0.129. The smallest absolute Gasteiger partial charge is 0.225 e. The van der Waals surface area contributed by atoms with Crippen LogP contribution in [0.5, 0.6) is 0 Å². The topological polar surface area (TPSA) is 49.3 Å². The first-order valence-corrected chi connectivity index (χ1v) is 4.36. The van der Waals surface area contributed by atoms with E-state index in [0.717, 1.165) is 6.42 Å². The van der Waals surface area contributed by atoms with Gasteiger partial charge in [0.2, 0.25) is 5.91 Å². The number of hydrogen-bond acceptors (Lipinski definition) is 2. The van der Waals surface area contributed by atoms with Crippen LogP contribution in [0.15, 0.2) is 0 Å². The summed E-state index contributed by atoms with van der Waals surface area (Å²) in [5, 5.41) is 11.6. The maximum Gasteiger partial charge on any atom is 0.225 e. The van der Waals surface area contributed by atoms with Gasteiger partial charge in [-0.05, 0) is 13.3 Å². The van der Waals surface area contributed by atoms with Crippen molar-refractivity contribution in [1.82, 2.24) is 5.32 Å². The number of nitrogens with one attached hydrogen (secondary N) is 1. The third kappa shape index (κ3) is 3.72. The van der Waals surface area contributed by atoms with E-state index in [1.54, 1.807) is 6.92 Å². The first-order chi connectivity index (χ1) is 5.40. The summed E-state index contributed by atoms with van der Waals surface area (Å²) in [4.78, 5) is 11.4. The largest absolute Gasteiger partial charge is 0.392 e. The van der Waals surface area contributed by atoms with Crippen molar-refractivity contribution in [2.45, 2.75) is 40.2 Å². The zero-order valence-corrected chi connectivity index (χ0v) is 8.35. The molecule has 0 aliphatic heterocycles. The van der Waals surface area contributed by atoms with E-state index in [9.17, 15) is 4.79 Å². The third-order valence-electron chi connectivity index (χ3n) is 2.06. The van der Waals surface area contributed by atoms with Crippen molar-refractivity contribution < 1.29 is 9.90 Å². The van der Waals surface area contributed by atoms with E-state index in [0.29, 0.717) is 6.54 Å². The summed E-state index contributed by atoms with van der Waals surface area (Å²) >= 11 is 0. The van der Waals surface area contributed by atoms with E-state index in [1.165, 1.54) is 0 Å². The second-order valence-electron chi connectivity index (χ2n) is 3.80. The van der Waals surface area contributed by atoms with E-state index >= 15 is 0 Å². The molecule has 0 fully saturated rings. The highest BCUT2D eigenvalue weighted by Gasteiger charge is 2.24. The molecule has 0 heterocycles. The highest BCUT2D eigenvalue weighted by molar-refractivity contribution is 5.81. The summed E-state index contributed by atoms with van der Waals surface area (Å²) in [5.41, 5.74) is -0.325. The molecule has 0 aromatic rings. The molecule has 0 aromatic carbocycles. The van der Waals surface area contributed by atoms with E-state index in [4.69, 9.17) is 5.11 Å². The van der Waals surface area contributed by atoms with Gasteiger partial charge in [-0.15, -0.1) is 0 Å². The summed E-state index contributed by atoms with van der Waals surface area (Å²) in [6.45, 7) is 7.75. The van der Waals surface area contributed by atoms with Crippen molar-refractivity contribution in [2.24, 2.45) is 5.41 Å². The maximum absolute atomic E-state index is 11.4. The van der Waals surface area contributed by atoms with Gasteiger partial charge in [-0.25, -0.2) is 0 Å². The fourth-order valence-electron chi connectivity index (χ4n) is 0.640. The van der Waals surface area contributed by atoms with Crippen molar-refractivity contribution in [1.29, 1.82) is 0 Å². The second kappa shape index (κ2) is 4.45. The van der Waals surface area contributed by atoms with Gasteiger partial charge in [-0.1, -0.05) is 20.8 Å². The Balaban J connectivity index is 3.88. The van der Waals surface area contributed by atoms with Crippen LogP contribution in [0.1, 0.15) is 34.1 Å². The molecule has 0 aromatic heterocycles. The lowest BCUT2D eigenvalue weighted by atomic mass is 9.89. The van der Waals surface area contributed by atoms with E-state index in [1.807, 2.05) is 20.8 Å². The van der Waals surface area contributed by atoms with Crippen LogP contribution in [0.4, 0.5) is 0 Å². The fourth-order valence-corrected chi connectivity index (χ4v) is 0.640. The average molecular weight is 173 g/mol. The highest BCUT2D eigenvalue weighted by atomic mass is 16.3. The molecule has 1 amide bonds. The molecule has 72 valence electrons. The number of carbonyl (C=O) groups excluding carboxylic acids is 1. The van der Waals surface area contributed by atoms with Crippen molar-refractivity contribution in [3.05, 3.63) is 0 Å². The Morgan fingerprint density at radius 1 is 1.58 bits per heavy atom. The predicted molar refractivity (Wildman–Crippen MR) is 48.8 cm³/mol. The number of rotatable bonds is 4. The van der Waals surface area contributed by atoms with Crippen molar-refractivity contribution in [3.8, 4) is 0 Å². The molecule has 0 aliphatic carbocycles. The molecule has 12 heavy (non-hydrogen) atoms. The van der Waals surface area contributed by atoms with Gasteiger partial charge in [0.25, 0.3) is 0 Å². The van der Waals surface area contributed by atoms with Gasteiger partial charge >= 0.3 is 0 Å². The van der Waals surface area contributed by atoms with Gasteiger partial charge in [-0.2, -0.15) is 0 Å². The molecule has 0 rings (SSSR count). The number of aliphatic hydroxyl groups is 1. The Morgan fingerprint density at radius 2 is 2.08 bits per heavy atom. The van der Waals surface area contributed by atoms with Crippen LogP contribution < -0.4 is 5.32 Å². The van der Waals surface area contributed by atoms with Crippen LogP contribution in [0, 0.1) is 5.41 Å². The van der Waals surface area contributed by atoms with E-state index in [2.05, 4.69) is 5.32 Å². The normalized spacial score (nSPS) is 14.1. The molecular formula is C9H19NO2. The Morgan fingerprint density at radius 3 is 2.42 bits per heavy atom. The Hall–Kier alpha value is -0.570. The molecular weight excluding hydrogens is 154 g/mol. The first-order valence-electron chi connectivity index (χ1n) is 4.36. The van der Waals surface area contributed by atoms with Crippen LogP contribution in [-0.2, 0) is 4.79 Å². The minimum Gasteiger partial charge on any atom is -0.392 e. The fraction of sp³-hybridized carbons (Fsp3) is 0.889. The summed E-state index contributed by atoms with van der Waals surface area (Å²) < 4.78 is 0. The van der Waals surface area contributed by atoms with Crippen LogP contribution in [-0.4, -0.2) is 23.7 Å². The van der Waals surface area contributed by atoms with E-state index in [-0.39, 0.29) is 11.3 Å². The standard InChI is InChI=1S/C9H19NO2/c1-5-9(3,4)8(12)10-6-7(2)11/h7,11H,5-6H2,1-4H3,(H,10,12). The summed E-state index contributed by atoms with van der Waals surface area (Å²) in [5.74, 6) is 0.00546. The number of amides is 1. The zero-order valence-electron chi connectivity index (χ0n) is 8.35. The highest BCUT2D eigenvalue weighted by Crippen LogP contribution is 2.19. The van der Waals surface area contributed by atoms with Crippen molar-refractivity contribution in [2.75, 3.05) is 6.54 Å². The summed E-state index contributed by atoms with van der Waals surface area (Å²) in [6, 6.07) is 0. The van der Waals surface area contributed by atoms with Gasteiger partial charge in [-0.3, -0.25) is 4.79 Å². The average Bonchev–Trinajstić information content (AvgIpc) is 2.00.